The molecule has 0 saturated carbocycles. The van der Waals surface area contributed by atoms with Crippen LogP contribution in [0, 0.1) is 5.92 Å². The van der Waals surface area contributed by atoms with Crippen LogP contribution in [-0.4, -0.2) is 23.8 Å². The van der Waals surface area contributed by atoms with Gasteiger partial charge in [-0.1, -0.05) is 117 Å². The van der Waals surface area contributed by atoms with Crippen molar-refractivity contribution in [1.82, 2.24) is 0 Å². The van der Waals surface area contributed by atoms with E-state index in [9.17, 15) is 9.90 Å². The van der Waals surface area contributed by atoms with Crippen molar-refractivity contribution >= 4 is 5.97 Å². The van der Waals surface area contributed by atoms with Gasteiger partial charge in [-0.3, -0.25) is 0 Å². The van der Waals surface area contributed by atoms with Gasteiger partial charge in [-0.05, 0) is 18.8 Å². The number of unbranched alkanes of at least 4 members (excludes halogenated alkanes) is 15. The molecule has 3 heteroatoms. The van der Waals surface area contributed by atoms with E-state index >= 15 is 0 Å². The smallest absolute Gasteiger partial charge is 0.334 e. The van der Waals surface area contributed by atoms with Crippen molar-refractivity contribution in [2.75, 3.05) is 6.61 Å². The van der Waals surface area contributed by atoms with E-state index in [0.717, 1.165) is 12.8 Å². The predicted octanol–water partition coefficient (Wildman–Crippen LogP) is 7.20. The Bertz CT molecular complexity index is 315. The molecule has 1 atom stereocenters. The summed E-state index contributed by atoms with van der Waals surface area (Å²) in [6, 6.07) is 0. The van der Waals surface area contributed by atoms with E-state index in [-0.39, 0.29) is 0 Å². The Labute approximate surface area is 169 Å². The minimum absolute atomic E-state index is 0.308. The third-order valence-corrected chi connectivity index (χ3v) is 5.21. The molecule has 162 valence electrons. The van der Waals surface area contributed by atoms with Gasteiger partial charge in [0.25, 0.3) is 0 Å². The van der Waals surface area contributed by atoms with Crippen LogP contribution in [0.1, 0.15) is 130 Å². The van der Waals surface area contributed by atoms with Gasteiger partial charge in [0.2, 0.25) is 0 Å². The highest BCUT2D eigenvalue weighted by molar-refractivity contribution is 5.74. The molecule has 0 rings (SSSR count). The number of esters is 1. The molecule has 0 bridgehead atoms. The lowest BCUT2D eigenvalue weighted by atomic mass is 10.0. The van der Waals surface area contributed by atoms with Gasteiger partial charge in [0.1, 0.15) is 0 Å². The number of hydrogen-bond donors (Lipinski definition) is 1. The molecule has 3 nitrogen and oxygen atoms in total. The molecule has 0 amide bonds. The molecule has 0 aliphatic carbocycles. The molecule has 27 heavy (non-hydrogen) atoms. The summed E-state index contributed by atoms with van der Waals surface area (Å²) < 4.78 is 5.13. The van der Waals surface area contributed by atoms with E-state index in [4.69, 9.17) is 4.74 Å². The highest BCUT2D eigenvalue weighted by atomic mass is 16.5. The van der Waals surface area contributed by atoms with Crippen LogP contribution in [0.15, 0.2) is 0 Å². The summed E-state index contributed by atoms with van der Waals surface area (Å²) in [5, 5.41) is 9.65. The van der Waals surface area contributed by atoms with E-state index < -0.39 is 12.1 Å². The van der Waals surface area contributed by atoms with Crippen LogP contribution < -0.4 is 0 Å². The molecule has 0 aromatic rings. The Morgan fingerprint density at radius 3 is 1.44 bits per heavy atom. The fourth-order valence-corrected chi connectivity index (χ4v) is 3.46. The largest absolute Gasteiger partial charge is 0.464 e. The molecule has 0 fully saturated rings. The number of hydrogen-bond acceptors (Lipinski definition) is 3. The average molecular weight is 385 g/mol. The second-order valence-electron chi connectivity index (χ2n) is 8.62. The molecular weight excluding hydrogens is 336 g/mol. The van der Waals surface area contributed by atoms with E-state index in [0.29, 0.717) is 18.9 Å². The predicted molar refractivity (Wildman–Crippen MR) is 116 cm³/mol. The molecule has 0 aromatic heterocycles. The summed E-state index contributed by atoms with van der Waals surface area (Å²) in [4.78, 5) is 11.6. The quantitative estimate of drug-likeness (QED) is 0.178. The van der Waals surface area contributed by atoms with Crippen LogP contribution in [0.5, 0.6) is 0 Å². The van der Waals surface area contributed by atoms with Crippen molar-refractivity contribution in [2.24, 2.45) is 5.92 Å². The van der Waals surface area contributed by atoms with Crippen LogP contribution in [-0.2, 0) is 9.53 Å². The Morgan fingerprint density at radius 1 is 0.704 bits per heavy atom. The van der Waals surface area contributed by atoms with Crippen LogP contribution in [0.4, 0.5) is 0 Å². The second kappa shape index (κ2) is 20.2. The van der Waals surface area contributed by atoms with Crippen molar-refractivity contribution in [3.8, 4) is 0 Å². The van der Waals surface area contributed by atoms with Crippen molar-refractivity contribution in [3.63, 3.8) is 0 Å². The fourth-order valence-electron chi connectivity index (χ4n) is 3.46. The molecule has 0 saturated heterocycles. The first-order valence-corrected chi connectivity index (χ1v) is 11.9. The topological polar surface area (TPSA) is 46.5 Å². The number of rotatable bonds is 20. The van der Waals surface area contributed by atoms with Crippen molar-refractivity contribution in [3.05, 3.63) is 0 Å². The van der Waals surface area contributed by atoms with Crippen LogP contribution >= 0.6 is 0 Å². The summed E-state index contributed by atoms with van der Waals surface area (Å²) in [5.41, 5.74) is 0. The summed E-state index contributed by atoms with van der Waals surface area (Å²) in [7, 11) is 0. The minimum Gasteiger partial charge on any atom is -0.464 e. The highest BCUT2D eigenvalue weighted by Gasteiger charge is 2.17. The lowest BCUT2D eigenvalue weighted by molar-refractivity contribution is -0.154. The van der Waals surface area contributed by atoms with Crippen LogP contribution in [0.25, 0.3) is 0 Å². The number of aliphatic hydroxyl groups excluding tert-OH is 1. The highest BCUT2D eigenvalue weighted by Crippen LogP contribution is 2.14. The van der Waals surface area contributed by atoms with E-state index in [1.165, 1.54) is 89.9 Å². The number of carbonyl (C=O) groups excluding carboxylic acids is 1. The summed E-state index contributed by atoms with van der Waals surface area (Å²) >= 11 is 0. The monoisotopic (exact) mass is 384 g/mol. The zero-order valence-corrected chi connectivity index (χ0v) is 18.6. The molecule has 0 aliphatic heterocycles. The van der Waals surface area contributed by atoms with Gasteiger partial charge in [0, 0.05) is 0 Å². The molecule has 0 radical (unpaired) electrons. The number of carbonyl (C=O) groups is 1. The first kappa shape index (κ1) is 26.4. The normalized spacial score (nSPS) is 12.5. The lowest BCUT2D eigenvalue weighted by Crippen LogP contribution is -2.25. The third-order valence-electron chi connectivity index (χ3n) is 5.21. The first-order chi connectivity index (χ1) is 13.1. The Kier molecular flexibility index (Phi) is 19.7. The molecule has 0 heterocycles. The molecular formula is C24H48O3. The maximum atomic E-state index is 11.6. The third kappa shape index (κ3) is 20.0. The lowest BCUT2D eigenvalue weighted by Gasteiger charge is -2.12. The van der Waals surface area contributed by atoms with Gasteiger partial charge < -0.3 is 9.84 Å². The van der Waals surface area contributed by atoms with Crippen molar-refractivity contribution in [2.45, 2.75) is 136 Å². The number of aliphatic hydroxyl groups is 1. The number of ether oxygens (including phenoxy) is 1. The van der Waals surface area contributed by atoms with Gasteiger partial charge in [0.05, 0.1) is 6.61 Å². The fraction of sp³-hybridized carbons (Fsp3) is 0.958. The van der Waals surface area contributed by atoms with Crippen molar-refractivity contribution < 1.29 is 14.6 Å². The van der Waals surface area contributed by atoms with Gasteiger partial charge in [-0.15, -0.1) is 0 Å². The Balaban J connectivity index is 3.18. The zero-order chi connectivity index (χ0) is 20.2. The molecule has 1 N–H and O–H groups in total. The van der Waals surface area contributed by atoms with Crippen LogP contribution in [0.3, 0.4) is 0 Å². The van der Waals surface area contributed by atoms with E-state index in [1.54, 1.807) is 0 Å². The maximum absolute atomic E-state index is 11.6. The van der Waals surface area contributed by atoms with E-state index in [2.05, 4.69) is 6.92 Å². The summed E-state index contributed by atoms with van der Waals surface area (Å²) in [5.74, 6) is -0.146. The minimum atomic E-state index is -0.953. The average Bonchev–Trinajstić information content (AvgIpc) is 2.63. The molecule has 0 aliphatic rings. The van der Waals surface area contributed by atoms with Crippen molar-refractivity contribution in [1.29, 1.82) is 0 Å². The first-order valence-electron chi connectivity index (χ1n) is 11.9. The Morgan fingerprint density at radius 2 is 1.07 bits per heavy atom. The zero-order valence-electron chi connectivity index (χ0n) is 18.6. The van der Waals surface area contributed by atoms with Crippen LogP contribution in [0.2, 0.25) is 0 Å². The van der Waals surface area contributed by atoms with Gasteiger partial charge in [-0.25, -0.2) is 4.79 Å². The Hall–Kier alpha value is -0.570. The SMILES string of the molecule is CCCCCCCCCCCCCCCCCCOC(=O)C(O)CC(C)C. The summed E-state index contributed by atoms with van der Waals surface area (Å²) in [6.07, 6.45) is 20.9. The second-order valence-corrected chi connectivity index (χ2v) is 8.62. The standard InChI is InChI=1S/C24H48O3/c1-4-5-6-7-8-9-10-11-12-13-14-15-16-17-18-19-20-27-24(26)23(25)21-22(2)3/h22-23,25H,4-21H2,1-3H3. The molecule has 1 unspecified atom stereocenters. The summed E-state index contributed by atoms with van der Waals surface area (Å²) in [6.45, 7) is 6.71. The van der Waals surface area contributed by atoms with Gasteiger partial charge in [0.15, 0.2) is 6.10 Å². The van der Waals surface area contributed by atoms with E-state index in [1.807, 2.05) is 13.8 Å². The van der Waals surface area contributed by atoms with Gasteiger partial charge in [-0.2, -0.15) is 0 Å². The van der Waals surface area contributed by atoms with Gasteiger partial charge >= 0.3 is 5.97 Å². The molecule has 0 aromatic carbocycles. The molecule has 0 spiro atoms. The maximum Gasteiger partial charge on any atom is 0.334 e.